The first kappa shape index (κ1) is 27.7. The normalized spacial score (nSPS) is 28.7. The molecule has 7 nitrogen and oxygen atoms in total. The Kier molecular flexibility index (Phi) is 7.94. The molecule has 2 aromatic rings. The van der Waals surface area contributed by atoms with Gasteiger partial charge in [0.15, 0.2) is 5.06 Å². The molecule has 2 aliphatic carbocycles. The van der Waals surface area contributed by atoms with E-state index in [-0.39, 0.29) is 23.5 Å². The quantitative estimate of drug-likeness (QED) is 0.462. The van der Waals surface area contributed by atoms with Crippen molar-refractivity contribution >= 4 is 23.3 Å². The molecule has 2 saturated carbocycles. The van der Waals surface area contributed by atoms with Crippen molar-refractivity contribution in [3.63, 3.8) is 0 Å². The van der Waals surface area contributed by atoms with Crippen molar-refractivity contribution in [2.75, 3.05) is 45.9 Å². The van der Waals surface area contributed by atoms with Crippen molar-refractivity contribution in [2.45, 2.75) is 64.0 Å². The first-order chi connectivity index (χ1) is 19.3. The number of ether oxygens (including phenoxy) is 2. The van der Waals surface area contributed by atoms with Gasteiger partial charge in [0, 0.05) is 50.4 Å². The molecule has 2 unspecified atom stereocenters. The van der Waals surface area contributed by atoms with Crippen LogP contribution in [0.5, 0.6) is 5.06 Å². The number of benzene rings is 1. The number of hydrogen-bond donors (Lipinski definition) is 0. The highest BCUT2D eigenvalue weighted by Gasteiger charge is 2.57. The van der Waals surface area contributed by atoms with E-state index in [1.807, 2.05) is 39.4 Å². The molecule has 8 heteroatoms. The number of likely N-dealkylation sites (tertiary alicyclic amines) is 1. The number of nitrogens with zero attached hydrogens (tertiary/aromatic N) is 3. The molecule has 1 aromatic heterocycles. The van der Waals surface area contributed by atoms with Gasteiger partial charge in [0.2, 0.25) is 0 Å². The summed E-state index contributed by atoms with van der Waals surface area (Å²) in [5, 5.41) is 2.59. The Balaban J connectivity index is 1.06. The maximum atomic E-state index is 13.5. The minimum absolute atomic E-state index is 0.0718. The minimum Gasteiger partial charge on any atom is -0.399 e. The molecule has 4 aliphatic rings. The van der Waals surface area contributed by atoms with Crippen LogP contribution >= 0.6 is 11.3 Å². The van der Waals surface area contributed by atoms with Gasteiger partial charge in [-0.05, 0) is 84.1 Å². The lowest BCUT2D eigenvalue weighted by molar-refractivity contribution is 0.00151. The molecule has 0 spiro atoms. The number of carbonyl (C=O) groups excluding carboxylic acids is 2. The molecule has 2 amide bonds. The number of carbonyl (C=O) groups is 2. The van der Waals surface area contributed by atoms with E-state index in [2.05, 4.69) is 37.8 Å². The van der Waals surface area contributed by atoms with Crippen LogP contribution in [-0.2, 0) is 10.2 Å². The van der Waals surface area contributed by atoms with Gasteiger partial charge in [0.25, 0.3) is 5.91 Å². The maximum absolute atomic E-state index is 13.5. The fraction of sp³-hybridized carbons (Fsp3) is 0.625. The van der Waals surface area contributed by atoms with Gasteiger partial charge in [-0.25, -0.2) is 4.79 Å². The van der Waals surface area contributed by atoms with Crippen LogP contribution in [0.3, 0.4) is 0 Å². The van der Waals surface area contributed by atoms with Crippen molar-refractivity contribution in [3.05, 3.63) is 52.9 Å². The molecule has 40 heavy (non-hydrogen) atoms. The molecule has 0 N–H and O–H groups in total. The molecule has 2 atom stereocenters. The Morgan fingerprint density at radius 3 is 2.27 bits per heavy atom. The maximum Gasteiger partial charge on any atom is 0.416 e. The number of thiophene rings is 1. The number of rotatable bonds is 6. The van der Waals surface area contributed by atoms with Crippen molar-refractivity contribution in [1.82, 2.24) is 14.7 Å². The van der Waals surface area contributed by atoms with Gasteiger partial charge in [-0.1, -0.05) is 32.9 Å². The predicted molar refractivity (Wildman–Crippen MR) is 157 cm³/mol. The third kappa shape index (κ3) is 5.95. The lowest BCUT2D eigenvalue weighted by Gasteiger charge is -2.41. The van der Waals surface area contributed by atoms with Crippen LogP contribution in [0, 0.1) is 17.8 Å². The zero-order valence-electron chi connectivity index (χ0n) is 24.1. The molecular formula is C32H43N3O4S. The topological polar surface area (TPSA) is 62.3 Å². The van der Waals surface area contributed by atoms with E-state index in [9.17, 15) is 9.59 Å². The lowest BCUT2D eigenvalue weighted by Crippen LogP contribution is -2.50. The smallest absolute Gasteiger partial charge is 0.399 e. The standard InChI is InChI=1S/C32H43N3O4S/c1-32(2,3)23-8-6-22(7-9-23)30(36)34-19-26-27(20-34)28(26)21-35(31(37)39-29-5-4-18-40-29)25-12-10-24(11-13-25)33-14-16-38-17-15-33/h4-9,18,24-28H,10-17,19-21H2,1-3H3. The third-order valence-electron chi connectivity index (χ3n) is 9.65. The first-order valence-electron chi connectivity index (χ1n) is 15.0. The van der Waals surface area contributed by atoms with Crippen LogP contribution in [0.4, 0.5) is 4.79 Å². The summed E-state index contributed by atoms with van der Waals surface area (Å²) in [6.45, 7) is 12.5. The van der Waals surface area contributed by atoms with Crippen molar-refractivity contribution < 1.29 is 19.1 Å². The molecule has 6 rings (SSSR count). The van der Waals surface area contributed by atoms with Gasteiger partial charge in [-0.15, -0.1) is 11.3 Å². The highest BCUT2D eigenvalue weighted by atomic mass is 32.1. The monoisotopic (exact) mass is 565 g/mol. The Labute approximate surface area is 242 Å². The highest BCUT2D eigenvalue weighted by molar-refractivity contribution is 7.11. The van der Waals surface area contributed by atoms with Crippen molar-refractivity contribution in [2.24, 2.45) is 17.8 Å². The molecule has 2 saturated heterocycles. The molecule has 2 aliphatic heterocycles. The fourth-order valence-electron chi connectivity index (χ4n) is 7.13. The number of piperidine rings is 1. The summed E-state index contributed by atoms with van der Waals surface area (Å²) in [6, 6.07) is 12.7. The largest absolute Gasteiger partial charge is 0.416 e. The highest BCUT2D eigenvalue weighted by Crippen LogP contribution is 2.52. The van der Waals surface area contributed by atoms with E-state index in [0.29, 0.717) is 28.9 Å². The SMILES string of the molecule is CC(C)(C)c1ccc(C(=O)N2CC3C(C2)C3CN(C(=O)Oc2cccs2)C2CCC(N3CCOCC3)CC2)cc1. The van der Waals surface area contributed by atoms with Gasteiger partial charge in [-0.3, -0.25) is 9.69 Å². The van der Waals surface area contributed by atoms with E-state index in [1.54, 1.807) is 0 Å². The second-order valence-corrected chi connectivity index (χ2v) is 14.0. The van der Waals surface area contributed by atoms with Gasteiger partial charge >= 0.3 is 6.09 Å². The van der Waals surface area contributed by atoms with E-state index < -0.39 is 0 Å². The third-order valence-corrected chi connectivity index (χ3v) is 10.4. The second-order valence-electron chi connectivity index (χ2n) is 13.1. The van der Waals surface area contributed by atoms with Crippen LogP contribution in [0.25, 0.3) is 0 Å². The Morgan fingerprint density at radius 2 is 1.68 bits per heavy atom. The van der Waals surface area contributed by atoms with Crippen molar-refractivity contribution in [3.8, 4) is 5.06 Å². The van der Waals surface area contributed by atoms with Gasteiger partial charge in [0.1, 0.15) is 0 Å². The minimum atomic E-state index is -0.214. The Hall–Kier alpha value is -2.42. The van der Waals surface area contributed by atoms with E-state index in [4.69, 9.17) is 9.47 Å². The number of amides is 2. The predicted octanol–water partition coefficient (Wildman–Crippen LogP) is 5.51. The summed E-state index contributed by atoms with van der Waals surface area (Å²) in [7, 11) is 0. The lowest BCUT2D eigenvalue weighted by atomic mass is 9.86. The average molecular weight is 566 g/mol. The fourth-order valence-corrected chi connectivity index (χ4v) is 7.69. The summed E-state index contributed by atoms with van der Waals surface area (Å²) in [4.78, 5) is 33.3. The van der Waals surface area contributed by atoms with Crippen LogP contribution in [0.2, 0.25) is 0 Å². The van der Waals surface area contributed by atoms with Gasteiger partial charge in [0.05, 0.1) is 13.2 Å². The molecule has 4 fully saturated rings. The van der Waals surface area contributed by atoms with Gasteiger partial charge in [-0.2, -0.15) is 0 Å². The zero-order valence-corrected chi connectivity index (χ0v) is 24.9. The van der Waals surface area contributed by atoms with E-state index >= 15 is 0 Å². The van der Waals surface area contributed by atoms with Crippen molar-refractivity contribution in [1.29, 1.82) is 0 Å². The average Bonchev–Trinajstić information content (AvgIpc) is 3.32. The summed E-state index contributed by atoms with van der Waals surface area (Å²) in [5.74, 6) is 1.51. The Bertz CT molecular complexity index is 1150. The summed E-state index contributed by atoms with van der Waals surface area (Å²) in [5.41, 5.74) is 2.08. The molecule has 1 aromatic carbocycles. The van der Waals surface area contributed by atoms with Gasteiger partial charge < -0.3 is 19.3 Å². The first-order valence-corrected chi connectivity index (χ1v) is 15.9. The zero-order chi connectivity index (χ0) is 27.9. The Morgan fingerprint density at radius 1 is 1.00 bits per heavy atom. The number of morpholine rings is 1. The number of fused-ring (bicyclic) bond motifs is 1. The molecule has 3 heterocycles. The van der Waals surface area contributed by atoms with E-state index in [1.165, 1.54) is 16.9 Å². The van der Waals surface area contributed by atoms with E-state index in [0.717, 1.165) is 77.2 Å². The molecule has 0 bridgehead atoms. The van der Waals surface area contributed by atoms with Crippen LogP contribution in [0.15, 0.2) is 41.8 Å². The molecule has 216 valence electrons. The number of hydrogen-bond acceptors (Lipinski definition) is 6. The van der Waals surface area contributed by atoms with Crippen LogP contribution < -0.4 is 4.74 Å². The summed E-state index contributed by atoms with van der Waals surface area (Å²) in [6.07, 6.45) is 4.04. The summed E-state index contributed by atoms with van der Waals surface area (Å²) >= 11 is 1.46. The van der Waals surface area contributed by atoms with Crippen LogP contribution in [0.1, 0.15) is 62.4 Å². The molecule has 0 radical (unpaired) electrons. The molecular weight excluding hydrogens is 522 g/mol. The summed E-state index contributed by atoms with van der Waals surface area (Å²) < 4.78 is 11.4. The second kappa shape index (κ2) is 11.5. The van der Waals surface area contributed by atoms with Crippen LogP contribution in [-0.4, -0.2) is 84.7 Å².